The molecule has 0 aliphatic carbocycles. The van der Waals surface area contributed by atoms with Crippen LogP contribution >= 0.6 is 14.9 Å². The predicted molar refractivity (Wildman–Crippen MR) is 115 cm³/mol. The van der Waals surface area contributed by atoms with E-state index in [0.717, 1.165) is 0 Å². The summed E-state index contributed by atoms with van der Waals surface area (Å²) < 4.78 is 28.8. The fourth-order valence-corrected chi connectivity index (χ4v) is 6.98. The summed E-state index contributed by atoms with van der Waals surface area (Å²) in [4.78, 5) is 37.0. The van der Waals surface area contributed by atoms with Crippen molar-refractivity contribution in [2.45, 2.75) is 38.1 Å². The molecule has 0 amide bonds. The molecule has 1 aliphatic rings. The Labute approximate surface area is 180 Å². The fourth-order valence-electron chi connectivity index (χ4n) is 2.99. The van der Waals surface area contributed by atoms with Gasteiger partial charge in [-0.25, -0.2) is 0 Å². The predicted octanol–water partition coefficient (Wildman–Crippen LogP) is 3.42. The zero-order valence-electron chi connectivity index (χ0n) is 17.1. The van der Waals surface area contributed by atoms with E-state index in [4.69, 9.17) is 13.8 Å². The molecule has 2 aromatic rings. The number of benzene rings is 1. The first-order chi connectivity index (χ1) is 14.4. The summed E-state index contributed by atoms with van der Waals surface area (Å²) in [5.41, 5.74) is 0.683. The van der Waals surface area contributed by atoms with Crippen molar-refractivity contribution in [2.75, 3.05) is 0 Å². The van der Waals surface area contributed by atoms with Crippen molar-refractivity contribution < 1.29 is 38.0 Å². The van der Waals surface area contributed by atoms with E-state index < -0.39 is 32.7 Å². The van der Waals surface area contributed by atoms with Crippen LogP contribution < -0.4 is 4.74 Å². The van der Waals surface area contributed by atoms with Crippen LogP contribution in [0.2, 0.25) is 0 Å². The molecule has 4 unspecified atom stereocenters. The Balaban J connectivity index is 1.79. The number of esters is 1. The molecule has 3 N–H and O–H groups in total. The van der Waals surface area contributed by atoms with Crippen molar-refractivity contribution in [3.05, 3.63) is 59.9 Å². The Kier molecular flexibility index (Phi) is 6.89. The summed E-state index contributed by atoms with van der Waals surface area (Å²) >= 11 is 0. The van der Waals surface area contributed by atoms with Gasteiger partial charge in [-0.2, -0.15) is 0 Å². The van der Waals surface area contributed by atoms with Gasteiger partial charge in [-0.05, 0) is 36.0 Å². The molecular weight excluding hydrogens is 444 g/mol. The zero-order chi connectivity index (χ0) is 22.9. The van der Waals surface area contributed by atoms with E-state index in [0.29, 0.717) is 5.56 Å². The maximum atomic E-state index is 12.9. The van der Waals surface area contributed by atoms with E-state index in [2.05, 4.69) is 11.3 Å². The second kappa shape index (κ2) is 8.96. The summed E-state index contributed by atoms with van der Waals surface area (Å²) in [6, 6.07) is 9.04. The van der Waals surface area contributed by atoms with E-state index in [-0.39, 0.29) is 29.6 Å². The first-order valence-corrected chi connectivity index (χ1v) is 12.9. The molecule has 1 saturated heterocycles. The zero-order valence-corrected chi connectivity index (χ0v) is 18.9. The maximum absolute atomic E-state index is 12.9. The largest absolute Gasteiger partial charge is 0.427 e. The normalized spacial score (nSPS) is 30.8. The van der Waals surface area contributed by atoms with E-state index in [9.17, 15) is 24.3 Å². The molecule has 168 valence electrons. The Morgan fingerprint density at radius 3 is 2.48 bits per heavy atom. The average Bonchev–Trinajstić information content (AvgIpc) is 2.66. The third-order valence-corrected chi connectivity index (χ3v) is 9.70. The molecule has 4 atom stereocenters. The summed E-state index contributed by atoms with van der Waals surface area (Å²) in [6.07, 6.45) is 4.81. The number of aliphatic hydroxyl groups is 1. The van der Waals surface area contributed by atoms with Crippen LogP contribution in [0.1, 0.15) is 37.7 Å². The lowest BCUT2D eigenvalue weighted by atomic mass is 10.1. The summed E-state index contributed by atoms with van der Waals surface area (Å²) in [7, 11) is -8.88. The molecule has 1 aliphatic heterocycles. The second-order valence-electron chi connectivity index (χ2n) is 7.72. The van der Waals surface area contributed by atoms with Gasteiger partial charge in [0.25, 0.3) is 0 Å². The number of nitrogens with zero attached hydrogens (tertiary/aromatic N) is 1. The minimum absolute atomic E-state index is 0.152. The van der Waals surface area contributed by atoms with Crippen LogP contribution in [0.3, 0.4) is 0 Å². The van der Waals surface area contributed by atoms with Crippen LogP contribution in [0.5, 0.6) is 5.75 Å². The topological polar surface area (TPSA) is 135 Å². The third kappa shape index (κ3) is 5.16. The van der Waals surface area contributed by atoms with Crippen molar-refractivity contribution in [1.29, 1.82) is 0 Å². The van der Waals surface area contributed by atoms with E-state index in [1.54, 1.807) is 12.1 Å². The standard InChI is InChI=1S/C20H25NO8P2/c1-14(2)11-18(22)27-17-8-6-16(7-9-17)19-28-30(3,24)20(23,31(25,26)29-19)12-15-5-4-10-21-13-15/h4-10,13-14,19,23-24H,3,11-12H2,1-2H3,(H,25,26). The number of hydrogen-bond acceptors (Lipinski definition) is 8. The molecule has 1 aromatic heterocycles. The lowest BCUT2D eigenvalue weighted by molar-refractivity contribution is -0.135. The number of ether oxygens (including phenoxy) is 1. The highest BCUT2D eigenvalue weighted by molar-refractivity contribution is 7.78. The molecule has 11 heteroatoms. The van der Waals surface area contributed by atoms with Crippen LogP contribution in [0.25, 0.3) is 0 Å². The van der Waals surface area contributed by atoms with Crippen molar-refractivity contribution in [1.82, 2.24) is 4.98 Å². The SMILES string of the molecule is C=P1(O)OC(c2ccc(OC(=O)CC(C)C)cc2)OP(=O)(O)C1(O)Cc1cccnc1. The van der Waals surface area contributed by atoms with Gasteiger partial charge in [0.05, 0.1) is 0 Å². The van der Waals surface area contributed by atoms with Gasteiger partial charge in [-0.15, -0.1) is 0 Å². The van der Waals surface area contributed by atoms with Gasteiger partial charge >= 0.3 is 13.6 Å². The van der Waals surface area contributed by atoms with Crippen LogP contribution in [0.15, 0.2) is 48.8 Å². The van der Waals surface area contributed by atoms with Crippen molar-refractivity contribution in [2.24, 2.45) is 5.92 Å². The Bertz CT molecular complexity index is 999. The van der Waals surface area contributed by atoms with Gasteiger partial charge in [0.15, 0.2) is 13.6 Å². The van der Waals surface area contributed by atoms with E-state index in [1.807, 2.05) is 13.8 Å². The van der Waals surface area contributed by atoms with Crippen molar-refractivity contribution >= 4 is 27.2 Å². The molecule has 9 nitrogen and oxygen atoms in total. The molecule has 0 saturated carbocycles. The van der Waals surface area contributed by atoms with Gasteiger partial charge in [-0.3, -0.25) is 23.4 Å². The quantitative estimate of drug-likeness (QED) is 0.330. The molecule has 3 rings (SSSR count). The highest BCUT2D eigenvalue weighted by Crippen LogP contribution is 2.78. The number of carbonyl (C=O) groups is 1. The Hall–Kier alpha value is -1.83. The first kappa shape index (κ1) is 23.8. The molecule has 31 heavy (non-hydrogen) atoms. The summed E-state index contributed by atoms with van der Waals surface area (Å²) in [6.45, 7) is 3.79. The third-order valence-electron chi connectivity index (χ3n) is 4.64. The molecule has 0 bridgehead atoms. The molecule has 0 spiro atoms. The summed E-state index contributed by atoms with van der Waals surface area (Å²) in [5.74, 6) is 0.0510. The Morgan fingerprint density at radius 1 is 1.26 bits per heavy atom. The average molecular weight is 469 g/mol. The van der Waals surface area contributed by atoms with Gasteiger partial charge < -0.3 is 19.6 Å². The number of aromatic nitrogens is 1. The highest BCUT2D eigenvalue weighted by Gasteiger charge is 2.62. The lowest BCUT2D eigenvalue weighted by Crippen LogP contribution is -2.38. The highest BCUT2D eigenvalue weighted by atomic mass is 31.2. The van der Waals surface area contributed by atoms with Crippen molar-refractivity contribution in [3.8, 4) is 5.75 Å². The van der Waals surface area contributed by atoms with Crippen LogP contribution in [0.4, 0.5) is 0 Å². The number of carbonyl (C=O) groups excluding carboxylic acids is 1. The van der Waals surface area contributed by atoms with Gasteiger partial charge in [0, 0.05) is 30.8 Å². The minimum atomic E-state index is -4.81. The van der Waals surface area contributed by atoms with Crippen molar-refractivity contribution in [3.63, 3.8) is 0 Å². The fraction of sp³-hybridized carbons (Fsp3) is 0.350. The Morgan fingerprint density at radius 2 is 1.94 bits per heavy atom. The second-order valence-corrected chi connectivity index (χ2v) is 12.4. The molecule has 1 aromatic carbocycles. The van der Waals surface area contributed by atoms with Crippen LogP contribution in [-0.4, -0.2) is 37.2 Å². The number of rotatable bonds is 6. The number of hydrogen-bond donors (Lipinski definition) is 3. The van der Waals surface area contributed by atoms with Crippen LogP contribution in [0, 0.1) is 5.92 Å². The van der Waals surface area contributed by atoms with Gasteiger partial charge in [0.2, 0.25) is 5.08 Å². The smallest absolute Gasteiger partial charge is 0.371 e. The number of pyridine rings is 1. The molecular formula is C20H25NO8P2. The monoisotopic (exact) mass is 469 g/mol. The first-order valence-electron chi connectivity index (χ1n) is 9.51. The lowest BCUT2D eigenvalue weighted by Gasteiger charge is -2.45. The molecule has 1 fully saturated rings. The van der Waals surface area contributed by atoms with E-state index >= 15 is 0 Å². The molecule has 2 heterocycles. The van der Waals surface area contributed by atoms with Gasteiger partial charge in [-0.1, -0.05) is 32.0 Å². The van der Waals surface area contributed by atoms with Gasteiger partial charge in [0.1, 0.15) is 5.75 Å². The van der Waals surface area contributed by atoms with Crippen LogP contribution in [-0.2, 0) is 24.8 Å². The van der Waals surface area contributed by atoms with E-state index in [1.165, 1.54) is 36.7 Å². The minimum Gasteiger partial charge on any atom is -0.427 e. The maximum Gasteiger partial charge on any atom is 0.371 e. The molecule has 0 radical (unpaired) electrons. The summed E-state index contributed by atoms with van der Waals surface area (Å²) in [5, 5.41) is 8.33.